The zero-order chi connectivity index (χ0) is 21.1. The van der Waals surface area contributed by atoms with E-state index in [0.29, 0.717) is 30.9 Å². The van der Waals surface area contributed by atoms with Crippen molar-refractivity contribution in [3.8, 4) is 5.82 Å². The van der Waals surface area contributed by atoms with Crippen LogP contribution in [0.15, 0.2) is 61.1 Å². The average Bonchev–Trinajstić information content (AvgIpc) is 3.27. The lowest BCUT2D eigenvalue weighted by molar-refractivity contribution is -0.140. The second kappa shape index (κ2) is 8.49. The van der Waals surface area contributed by atoms with Crippen LogP contribution >= 0.6 is 0 Å². The summed E-state index contributed by atoms with van der Waals surface area (Å²) in [5, 5.41) is 7.08. The van der Waals surface area contributed by atoms with Gasteiger partial charge in [0.2, 0.25) is 11.8 Å². The molecule has 1 aliphatic rings. The number of aromatic nitrogens is 3. The number of fused-ring (bicyclic) bond motifs is 1. The first kappa shape index (κ1) is 19.8. The SMILES string of the molecule is CC(C)CC(=O)N1Cc2ccccc2CC1C(=O)Nc1ccc(-n2cccn2)nc1. The molecule has 1 atom stereocenters. The molecule has 0 saturated heterocycles. The maximum atomic E-state index is 13.1. The molecule has 0 saturated carbocycles. The van der Waals surface area contributed by atoms with Gasteiger partial charge in [-0.3, -0.25) is 9.59 Å². The van der Waals surface area contributed by atoms with Crippen molar-refractivity contribution in [3.05, 3.63) is 72.2 Å². The van der Waals surface area contributed by atoms with Gasteiger partial charge in [-0.25, -0.2) is 9.67 Å². The molecule has 0 spiro atoms. The summed E-state index contributed by atoms with van der Waals surface area (Å²) in [6.45, 7) is 4.48. The number of nitrogens with zero attached hydrogens (tertiary/aromatic N) is 4. The van der Waals surface area contributed by atoms with E-state index in [-0.39, 0.29) is 17.7 Å². The van der Waals surface area contributed by atoms with Crippen molar-refractivity contribution in [2.24, 2.45) is 5.92 Å². The van der Waals surface area contributed by atoms with Gasteiger partial charge < -0.3 is 10.2 Å². The molecular formula is C23H25N5O2. The number of nitrogens with one attached hydrogen (secondary N) is 1. The van der Waals surface area contributed by atoms with Crippen LogP contribution in [0.25, 0.3) is 5.82 Å². The molecule has 1 aromatic carbocycles. The first-order chi connectivity index (χ1) is 14.5. The first-order valence-electron chi connectivity index (χ1n) is 10.1. The highest BCUT2D eigenvalue weighted by Crippen LogP contribution is 2.25. The molecule has 2 aromatic heterocycles. The van der Waals surface area contributed by atoms with E-state index < -0.39 is 6.04 Å². The van der Waals surface area contributed by atoms with Crippen LogP contribution in [0.1, 0.15) is 31.4 Å². The maximum absolute atomic E-state index is 13.1. The Bertz CT molecular complexity index is 1030. The van der Waals surface area contributed by atoms with E-state index in [1.807, 2.05) is 44.2 Å². The van der Waals surface area contributed by atoms with E-state index in [4.69, 9.17) is 0 Å². The molecule has 0 radical (unpaired) electrons. The van der Waals surface area contributed by atoms with Crippen LogP contribution in [0.3, 0.4) is 0 Å². The summed E-state index contributed by atoms with van der Waals surface area (Å²) < 4.78 is 1.65. The summed E-state index contributed by atoms with van der Waals surface area (Å²) in [5.74, 6) is 0.706. The van der Waals surface area contributed by atoms with E-state index in [1.165, 1.54) is 0 Å². The number of hydrogen-bond acceptors (Lipinski definition) is 4. The lowest BCUT2D eigenvalue weighted by atomic mass is 9.92. The Morgan fingerprint density at radius 3 is 2.60 bits per heavy atom. The lowest BCUT2D eigenvalue weighted by Crippen LogP contribution is -2.50. The van der Waals surface area contributed by atoms with Crippen molar-refractivity contribution < 1.29 is 9.59 Å². The third kappa shape index (κ3) is 4.25. The molecule has 0 bridgehead atoms. The van der Waals surface area contributed by atoms with Gasteiger partial charge in [-0.15, -0.1) is 0 Å². The van der Waals surface area contributed by atoms with E-state index in [1.54, 1.807) is 40.3 Å². The summed E-state index contributed by atoms with van der Waals surface area (Å²) in [7, 11) is 0. The predicted octanol–water partition coefficient (Wildman–Crippen LogP) is 3.21. The monoisotopic (exact) mass is 403 g/mol. The molecule has 154 valence electrons. The fourth-order valence-electron chi connectivity index (χ4n) is 3.71. The Balaban J connectivity index is 1.53. The lowest BCUT2D eigenvalue weighted by Gasteiger charge is -2.36. The Kier molecular flexibility index (Phi) is 5.61. The van der Waals surface area contributed by atoms with Crippen molar-refractivity contribution in [2.45, 2.75) is 39.3 Å². The summed E-state index contributed by atoms with van der Waals surface area (Å²) >= 11 is 0. The van der Waals surface area contributed by atoms with Gasteiger partial charge >= 0.3 is 0 Å². The van der Waals surface area contributed by atoms with Gasteiger partial charge in [-0.2, -0.15) is 5.10 Å². The number of carbonyl (C=O) groups excluding carboxylic acids is 2. The fraction of sp³-hybridized carbons (Fsp3) is 0.304. The van der Waals surface area contributed by atoms with Gasteiger partial charge in [-0.05, 0) is 35.2 Å². The molecule has 7 heteroatoms. The number of benzene rings is 1. The largest absolute Gasteiger partial charge is 0.326 e. The Hall–Kier alpha value is -3.48. The highest BCUT2D eigenvalue weighted by molar-refractivity contribution is 5.97. The molecule has 1 N–H and O–H groups in total. The zero-order valence-corrected chi connectivity index (χ0v) is 17.2. The van der Waals surface area contributed by atoms with Crippen LogP contribution in [0.4, 0.5) is 5.69 Å². The molecule has 3 aromatic rings. The number of rotatable bonds is 5. The topological polar surface area (TPSA) is 80.1 Å². The molecule has 1 aliphatic heterocycles. The van der Waals surface area contributed by atoms with Gasteiger partial charge in [0.05, 0.1) is 11.9 Å². The standard InChI is InChI=1S/C23H25N5O2/c1-16(2)12-22(29)27-15-18-7-4-3-6-17(18)13-20(27)23(30)26-19-8-9-21(24-14-19)28-11-5-10-25-28/h3-11,14,16,20H,12-13,15H2,1-2H3,(H,26,30). The van der Waals surface area contributed by atoms with Crippen molar-refractivity contribution in [1.29, 1.82) is 0 Å². The van der Waals surface area contributed by atoms with Crippen LogP contribution < -0.4 is 5.32 Å². The number of pyridine rings is 1. The second-order valence-corrected chi connectivity index (χ2v) is 7.95. The van der Waals surface area contributed by atoms with Crippen LogP contribution in [-0.2, 0) is 22.6 Å². The van der Waals surface area contributed by atoms with Crippen LogP contribution in [0, 0.1) is 5.92 Å². The van der Waals surface area contributed by atoms with Gasteiger partial charge in [0.1, 0.15) is 6.04 Å². The van der Waals surface area contributed by atoms with Crippen molar-refractivity contribution >= 4 is 17.5 Å². The molecule has 1 unspecified atom stereocenters. The zero-order valence-electron chi connectivity index (χ0n) is 17.2. The maximum Gasteiger partial charge on any atom is 0.247 e. The van der Waals surface area contributed by atoms with Crippen LogP contribution in [-0.4, -0.2) is 37.5 Å². The van der Waals surface area contributed by atoms with Gasteiger partial charge in [0.25, 0.3) is 0 Å². The molecule has 30 heavy (non-hydrogen) atoms. The fourth-order valence-corrected chi connectivity index (χ4v) is 3.71. The van der Waals surface area contributed by atoms with Crippen LogP contribution in [0.5, 0.6) is 0 Å². The molecule has 2 amide bonds. The third-order valence-corrected chi connectivity index (χ3v) is 5.21. The third-order valence-electron chi connectivity index (χ3n) is 5.21. The molecule has 0 aliphatic carbocycles. The molecule has 7 nitrogen and oxygen atoms in total. The molecule has 4 rings (SSSR count). The molecule has 3 heterocycles. The number of anilines is 1. The Morgan fingerprint density at radius 1 is 1.13 bits per heavy atom. The predicted molar refractivity (Wildman–Crippen MR) is 114 cm³/mol. The van der Waals surface area contributed by atoms with E-state index in [9.17, 15) is 9.59 Å². The average molecular weight is 403 g/mol. The van der Waals surface area contributed by atoms with Crippen molar-refractivity contribution in [3.63, 3.8) is 0 Å². The van der Waals surface area contributed by atoms with Crippen molar-refractivity contribution in [1.82, 2.24) is 19.7 Å². The summed E-state index contributed by atoms with van der Waals surface area (Å²) in [5.41, 5.74) is 2.80. The van der Waals surface area contributed by atoms with Gasteiger partial charge in [-0.1, -0.05) is 38.1 Å². The number of hydrogen-bond donors (Lipinski definition) is 1. The minimum absolute atomic E-state index is 0.00630. The summed E-state index contributed by atoms with van der Waals surface area (Å²) in [4.78, 5) is 32.1. The molecular weight excluding hydrogens is 378 g/mol. The minimum atomic E-state index is -0.544. The minimum Gasteiger partial charge on any atom is -0.326 e. The smallest absolute Gasteiger partial charge is 0.247 e. The van der Waals surface area contributed by atoms with Gasteiger partial charge in [0.15, 0.2) is 5.82 Å². The van der Waals surface area contributed by atoms with E-state index in [2.05, 4.69) is 15.4 Å². The Labute approximate surface area is 175 Å². The summed E-state index contributed by atoms with van der Waals surface area (Å²) in [6, 6.07) is 12.9. The van der Waals surface area contributed by atoms with Crippen molar-refractivity contribution in [2.75, 3.05) is 5.32 Å². The molecule has 0 fully saturated rings. The number of carbonyl (C=O) groups is 2. The highest BCUT2D eigenvalue weighted by atomic mass is 16.2. The van der Waals surface area contributed by atoms with Crippen LogP contribution in [0.2, 0.25) is 0 Å². The Morgan fingerprint density at radius 2 is 1.93 bits per heavy atom. The quantitative estimate of drug-likeness (QED) is 0.709. The first-order valence-corrected chi connectivity index (χ1v) is 10.1. The normalized spacial score (nSPS) is 15.7. The van der Waals surface area contributed by atoms with E-state index in [0.717, 1.165) is 11.1 Å². The van der Waals surface area contributed by atoms with Gasteiger partial charge in [0, 0.05) is 31.8 Å². The second-order valence-electron chi connectivity index (χ2n) is 7.95. The number of amides is 2. The summed E-state index contributed by atoms with van der Waals surface area (Å²) in [6.07, 6.45) is 6.02. The van der Waals surface area contributed by atoms with E-state index >= 15 is 0 Å². The highest BCUT2D eigenvalue weighted by Gasteiger charge is 2.34.